The Hall–Kier alpha value is -0.380. The standard InChI is InChI=1S/C12H25O5P/c1-2-3-4-5-6-7-8-9-10-17-18(15,16)11-12(13)14/h2-11H2,1H3,(H,13,14)(H,15,16). The Labute approximate surface area is 109 Å². The Bertz CT molecular complexity index is 267. The van der Waals surface area contributed by atoms with Crippen molar-refractivity contribution in [1.29, 1.82) is 0 Å². The van der Waals surface area contributed by atoms with Crippen molar-refractivity contribution < 1.29 is 23.9 Å². The number of aliphatic carboxylic acids is 1. The molecule has 0 rings (SSSR count). The molecular formula is C12H25O5P. The summed E-state index contributed by atoms with van der Waals surface area (Å²) in [5.74, 6) is -1.31. The largest absolute Gasteiger partial charge is 0.481 e. The lowest BCUT2D eigenvalue weighted by molar-refractivity contribution is -0.134. The molecule has 108 valence electrons. The van der Waals surface area contributed by atoms with Crippen LogP contribution in [-0.2, 0) is 13.9 Å². The van der Waals surface area contributed by atoms with Crippen molar-refractivity contribution in [3.63, 3.8) is 0 Å². The molecule has 0 bridgehead atoms. The van der Waals surface area contributed by atoms with E-state index in [1.54, 1.807) is 0 Å². The number of unbranched alkanes of at least 4 members (excludes halogenated alkanes) is 7. The zero-order chi connectivity index (χ0) is 13.9. The van der Waals surface area contributed by atoms with E-state index in [2.05, 4.69) is 6.92 Å². The summed E-state index contributed by atoms with van der Waals surface area (Å²) in [7, 11) is -3.92. The molecule has 0 saturated carbocycles. The average molecular weight is 280 g/mol. The van der Waals surface area contributed by atoms with Gasteiger partial charge in [0.25, 0.3) is 0 Å². The maximum absolute atomic E-state index is 11.2. The summed E-state index contributed by atoms with van der Waals surface area (Å²) in [6.45, 7) is 2.34. The monoisotopic (exact) mass is 280 g/mol. The SMILES string of the molecule is CCCCCCCCCCOP(=O)(O)CC(=O)O. The first-order valence-electron chi connectivity index (χ1n) is 6.66. The molecule has 0 amide bonds. The molecule has 18 heavy (non-hydrogen) atoms. The molecule has 1 atom stereocenters. The third kappa shape index (κ3) is 12.1. The first kappa shape index (κ1) is 17.6. The molecule has 2 N–H and O–H groups in total. The highest BCUT2D eigenvalue weighted by Gasteiger charge is 2.23. The summed E-state index contributed by atoms with van der Waals surface area (Å²) >= 11 is 0. The van der Waals surface area contributed by atoms with Crippen LogP contribution in [0.1, 0.15) is 58.3 Å². The van der Waals surface area contributed by atoms with Gasteiger partial charge in [-0.15, -0.1) is 0 Å². The predicted molar refractivity (Wildman–Crippen MR) is 70.9 cm³/mol. The van der Waals surface area contributed by atoms with E-state index in [4.69, 9.17) is 14.5 Å². The summed E-state index contributed by atoms with van der Waals surface area (Å²) in [4.78, 5) is 19.4. The van der Waals surface area contributed by atoms with Crippen molar-refractivity contribution in [2.75, 3.05) is 12.8 Å². The smallest absolute Gasteiger partial charge is 0.339 e. The maximum Gasteiger partial charge on any atom is 0.339 e. The molecule has 0 spiro atoms. The Kier molecular flexibility index (Phi) is 10.3. The Morgan fingerprint density at radius 2 is 1.56 bits per heavy atom. The van der Waals surface area contributed by atoms with Crippen LogP contribution in [-0.4, -0.2) is 28.7 Å². The molecule has 5 nitrogen and oxygen atoms in total. The van der Waals surface area contributed by atoms with Crippen molar-refractivity contribution in [2.24, 2.45) is 0 Å². The van der Waals surface area contributed by atoms with Crippen molar-refractivity contribution in [3.8, 4) is 0 Å². The minimum atomic E-state index is -3.92. The predicted octanol–water partition coefficient (Wildman–Crippen LogP) is 3.41. The first-order chi connectivity index (χ1) is 8.48. The van der Waals surface area contributed by atoms with Crippen molar-refractivity contribution in [3.05, 3.63) is 0 Å². The second kappa shape index (κ2) is 10.5. The fourth-order valence-corrected chi connectivity index (χ4v) is 2.51. The molecular weight excluding hydrogens is 255 g/mol. The average Bonchev–Trinajstić information content (AvgIpc) is 2.25. The van der Waals surface area contributed by atoms with E-state index in [9.17, 15) is 9.36 Å². The zero-order valence-corrected chi connectivity index (χ0v) is 12.0. The van der Waals surface area contributed by atoms with Gasteiger partial charge in [0.15, 0.2) is 0 Å². The van der Waals surface area contributed by atoms with E-state index in [-0.39, 0.29) is 6.61 Å². The van der Waals surface area contributed by atoms with Crippen LogP contribution >= 0.6 is 7.60 Å². The lowest BCUT2D eigenvalue weighted by atomic mass is 10.1. The molecule has 0 radical (unpaired) electrons. The third-order valence-electron chi connectivity index (χ3n) is 2.63. The van der Waals surface area contributed by atoms with Crippen LogP contribution < -0.4 is 0 Å². The molecule has 0 aliphatic rings. The lowest BCUT2D eigenvalue weighted by Crippen LogP contribution is -2.06. The van der Waals surface area contributed by atoms with Crippen LogP contribution in [0.25, 0.3) is 0 Å². The normalized spacial score (nSPS) is 14.3. The quantitative estimate of drug-likeness (QED) is 0.422. The Morgan fingerprint density at radius 1 is 1.06 bits per heavy atom. The van der Waals surface area contributed by atoms with E-state index >= 15 is 0 Å². The number of hydrogen-bond acceptors (Lipinski definition) is 3. The van der Waals surface area contributed by atoms with Gasteiger partial charge in [-0.05, 0) is 6.42 Å². The van der Waals surface area contributed by atoms with Crippen LogP contribution in [0.3, 0.4) is 0 Å². The summed E-state index contributed by atoms with van der Waals surface area (Å²) in [6, 6.07) is 0. The second-order valence-electron chi connectivity index (χ2n) is 4.50. The van der Waals surface area contributed by atoms with E-state index in [0.717, 1.165) is 12.8 Å². The van der Waals surface area contributed by atoms with Crippen LogP contribution in [0.4, 0.5) is 0 Å². The Morgan fingerprint density at radius 3 is 2.06 bits per heavy atom. The van der Waals surface area contributed by atoms with Gasteiger partial charge in [-0.1, -0.05) is 51.9 Å². The molecule has 0 aliphatic heterocycles. The molecule has 0 fully saturated rings. The summed E-state index contributed by atoms with van der Waals surface area (Å²) in [5, 5.41) is 8.38. The van der Waals surface area contributed by atoms with E-state index in [1.807, 2.05) is 0 Å². The second-order valence-corrected chi connectivity index (χ2v) is 6.35. The van der Waals surface area contributed by atoms with Gasteiger partial charge < -0.3 is 14.5 Å². The Balaban J connectivity index is 3.34. The molecule has 1 unspecified atom stereocenters. The van der Waals surface area contributed by atoms with E-state index < -0.39 is 19.7 Å². The fraction of sp³-hybridized carbons (Fsp3) is 0.917. The molecule has 0 aromatic carbocycles. The number of carboxylic acid groups (broad SMARTS) is 1. The van der Waals surface area contributed by atoms with Crippen molar-refractivity contribution in [1.82, 2.24) is 0 Å². The van der Waals surface area contributed by atoms with Crippen molar-refractivity contribution in [2.45, 2.75) is 58.3 Å². The van der Waals surface area contributed by atoms with Crippen LogP contribution in [0.15, 0.2) is 0 Å². The highest BCUT2D eigenvalue weighted by molar-refractivity contribution is 7.53. The van der Waals surface area contributed by atoms with Gasteiger partial charge in [-0.2, -0.15) is 0 Å². The van der Waals surface area contributed by atoms with Gasteiger partial charge in [-0.25, -0.2) is 0 Å². The van der Waals surface area contributed by atoms with Gasteiger partial charge in [-0.3, -0.25) is 9.36 Å². The first-order valence-corrected chi connectivity index (χ1v) is 8.42. The topological polar surface area (TPSA) is 83.8 Å². The van der Waals surface area contributed by atoms with E-state index in [0.29, 0.717) is 6.42 Å². The van der Waals surface area contributed by atoms with Gasteiger partial charge >= 0.3 is 13.6 Å². The summed E-state index contributed by atoms with van der Waals surface area (Å²) in [6.07, 6.45) is 8.17. The fourth-order valence-electron chi connectivity index (χ4n) is 1.66. The number of carboxylic acids is 1. The van der Waals surface area contributed by atoms with Crippen LogP contribution in [0, 0.1) is 0 Å². The molecule has 0 heterocycles. The minimum absolute atomic E-state index is 0.163. The number of carbonyl (C=O) groups is 1. The maximum atomic E-state index is 11.2. The third-order valence-corrected chi connectivity index (χ3v) is 3.88. The zero-order valence-electron chi connectivity index (χ0n) is 11.1. The molecule has 0 aromatic rings. The summed E-state index contributed by atoms with van der Waals surface area (Å²) < 4.78 is 15.9. The van der Waals surface area contributed by atoms with Crippen molar-refractivity contribution >= 4 is 13.6 Å². The van der Waals surface area contributed by atoms with Crippen LogP contribution in [0.2, 0.25) is 0 Å². The van der Waals surface area contributed by atoms with Gasteiger partial charge in [0.05, 0.1) is 6.61 Å². The molecule has 0 aliphatic carbocycles. The molecule has 0 saturated heterocycles. The molecule has 6 heteroatoms. The highest BCUT2D eigenvalue weighted by atomic mass is 31.2. The molecule has 0 aromatic heterocycles. The lowest BCUT2D eigenvalue weighted by Gasteiger charge is -2.09. The highest BCUT2D eigenvalue weighted by Crippen LogP contribution is 2.41. The number of hydrogen-bond donors (Lipinski definition) is 2. The van der Waals surface area contributed by atoms with Crippen LogP contribution in [0.5, 0.6) is 0 Å². The van der Waals surface area contributed by atoms with Gasteiger partial charge in [0.2, 0.25) is 0 Å². The summed E-state index contributed by atoms with van der Waals surface area (Å²) in [5.41, 5.74) is 0. The van der Waals surface area contributed by atoms with Gasteiger partial charge in [0, 0.05) is 0 Å². The van der Waals surface area contributed by atoms with Gasteiger partial charge in [0.1, 0.15) is 6.16 Å². The van der Waals surface area contributed by atoms with E-state index in [1.165, 1.54) is 32.1 Å². The minimum Gasteiger partial charge on any atom is -0.481 e. The number of rotatable bonds is 12.